The van der Waals surface area contributed by atoms with Crippen molar-refractivity contribution in [3.05, 3.63) is 29.8 Å². The molecule has 2 heterocycles. The summed E-state index contributed by atoms with van der Waals surface area (Å²) >= 11 is 0. The number of epoxide rings is 1. The van der Waals surface area contributed by atoms with Gasteiger partial charge in [0.1, 0.15) is 12.4 Å². The molecule has 2 aliphatic rings. The van der Waals surface area contributed by atoms with Gasteiger partial charge < -0.3 is 18.9 Å². The van der Waals surface area contributed by atoms with Crippen LogP contribution in [0.15, 0.2) is 29.8 Å². The van der Waals surface area contributed by atoms with E-state index in [4.69, 9.17) is 18.9 Å². The van der Waals surface area contributed by atoms with Crippen LogP contribution in [0.3, 0.4) is 0 Å². The van der Waals surface area contributed by atoms with E-state index in [-0.39, 0.29) is 12.4 Å². The van der Waals surface area contributed by atoms with E-state index in [0.29, 0.717) is 12.7 Å². The van der Waals surface area contributed by atoms with Crippen molar-refractivity contribution in [2.24, 2.45) is 0 Å². The predicted molar refractivity (Wildman–Crippen MR) is 89.2 cm³/mol. The maximum absolute atomic E-state index is 5.83. The Bertz CT molecular complexity index is 581. The van der Waals surface area contributed by atoms with Crippen molar-refractivity contribution >= 4 is 0 Å². The Kier molecular flexibility index (Phi) is 4.81. The molecular formula is C19H26O4. The fraction of sp³-hybridized carbons (Fsp3) is 0.579. The third-order valence-corrected chi connectivity index (χ3v) is 4.61. The van der Waals surface area contributed by atoms with Gasteiger partial charge in [0, 0.05) is 6.07 Å². The first-order valence-corrected chi connectivity index (χ1v) is 8.46. The van der Waals surface area contributed by atoms with Crippen LogP contribution in [0.5, 0.6) is 17.2 Å². The zero-order chi connectivity index (χ0) is 16.3. The molecule has 4 heteroatoms. The SMILES string of the molecule is CCCC1(C)OC1CCC(C)=CCOc1ccc2c(c1)OCO2. The third kappa shape index (κ3) is 3.99. The van der Waals surface area contributed by atoms with Crippen LogP contribution in [0.25, 0.3) is 0 Å². The standard InChI is InChI=1S/C19H26O4/c1-4-10-19(3)18(23-19)8-5-14(2)9-11-20-15-6-7-16-17(12-15)22-13-21-16/h6-7,9,12,18H,4-5,8,10-11,13H2,1-3H3. The van der Waals surface area contributed by atoms with Gasteiger partial charge in [-0.15, -0.1) is 0 Å². The van der Waals surface area contributed by atoms with Crippen molar-refractivity contribution in [1.29, 1.82) is 0 Å². The second-order valence-electron chi connectivity index (χ2n) is 6.58. The smallest absolute Gasteiger partial charge is 0.231 e. The highest BCUT2D eigenvalue weighted by Gasteiger charge is 2.50. The Balaban J connectivity index is 1.40. The van der Waals surface area contributed by atoms with Crippen molar-refractivity contribution in [2.75, 3.05) is 13.4 Å². The molecule has 0 aromatic heterocycles. The molecule has 1 aromatic carbocycles. The summed E-state index contributed by atoms with van der Waals surface area (Å²) in [5.41, 5.74) is 1.48. The van der Waals surface area contributed by atoms with Crippen LogP contribution >= 0.6 is 0 Å². The van der Waals surface area contributed by atoms with E-state index in [1.165, 1.54) is 12.0 Å². The van der Waals surface area contributed by atoms with Crippen LogP contribution in [0, 0.1) is 0 Å². The summed E-state index contributed by atoms with van der Waals surface area (Å²) in [7, 11) is 0. The number of rotatable bonds is 8. The van der Waals surface area contributed by atoms with Gasteiger partial charge in [-0.05, 0) is 51.3 Å². The summed E-state index contributed by atoms with van der Waals surface area (Å²) in [6.45, 7) is 7.45. The minimum atomic E-state index is 0.137. The van der Waals surface area contributed by atoms with E-state index in [0.717, 1.165) is 36.5 Å². The maximum Gasteiger partial charge on any atom is 0.231 e. The minimum Gasteiger partial charge on any atom is -0.489 e. The van der Waals surface area contributed by atoms with Crippen molar-refractivity contribution in [3.63, 3.8) is 0 Å². The molecule has 0 spiro atoms. The summed E-state index contributed by atoms with van der Waals surface area (Å²) in [4.78, 5) is 0. The predicted octanol–water partition coefficient (Wildman–Crippen LogP) is 4.48. The van der Waals surface area contributed by atoms with Crippen LogP contribution in [-0.2, 0) is 4.74 Å². The second kappa shape index (κ2) is 6.83. The fourth-order valence-electron chi connectivity index (χ4n) is 3.08. The van der Waals surface area contributed by atoms with E-state index < -0.39 is 0 Å². The number of hydrogen-bond donors (Lipinski definition) is 0. The first-order valence-electron chi connectivity index (χ1n) is 8.46. The van der Waals surface area contributed by atoms with Gasteiger partial charge in [0.2, 0.25) is 6.79 Å². The molecule has 0 radical (unpaired) electrons. The van der Waals surface area contributed by atoms with Gasteiger partial charge >= 0.3 is 0 Å². The average Bonchev–Trinajstić information content (AvgIpc) is 2.95. The van der Waals surface area contributed by atoms with Gasteiger partial charge in [-0.25, -0.2) is 0 Å². The van der Waals surface area contributed by atoms with E-state index in [1.54, 1.807) is 0 Å². The van der Waals surface area contributed by atoms with Crippen molar-refractivity contribution < 1.29 is 18.9 Å². The first kappa shape index (κ1) is 16.2. The van der Waals surface area contributed by atoms with Crippen molar-refractivity contribution in [1.82, 2.24) is 0 Å². The zero-order valence-corrected chi connectivity index (χ0v) is 14.3. The normalized spacial score (nSPS) is 25.5. The number of allylic oxidation sites excluding steroid dienone is 1. The highest BCUT2D eigenvalue weighted by atomic mass is 16.7. The van der Waals surface area contributed by atoms with Gasteiger partial charge in [-0.3, -0.25) is 0 Å². The van der Waals surface area contributed by atoms with E-state index >= 15 is 0 Å². The molecule has 126 valence electrons. The topological polar surface area (TPSA) is 40.2 Å². The summed E-state index contributed by atoms with van der Waals surface area (Å²) in [5.74, 6) is 2.34. The fourth-order valence-corrected chi connectivity index (χ4v) is 3.08. The molecule has 0 amide bonds. The molecule has 0 aliphatic carbocycles. The van der Waals surface area contributed by atoms with Crippen LogP contribution in [-0.4, -0.2) is 25.1 Å². The van der Waals surface area contributed by atoms with Crippen LogP contribution in [0.4, 0.5) is 0 Å². The van der Waals surface area contributed by atoms with Gasteiger partial charge in [-0.2, -0.15) is 0 Å². The van der Waals surface area contributed by atoms with Gasteiger partial charge in [0.05, 0.1) is 11.7 Å². The lowest BCUT2D eigenvalue weighted by molar-refractivity contribution is 0.174. The zero-order valence-electron chi connectivity index (χ0n) is 14.3. The number of fused-ring (bicyclic) bond motifs is 1. The molecule has 0 bridgehead atoms. The Hall–Kier alpha value is -1.68. The van der Waals surface area contributed by atoms with E-state index in [1.807, 2.05) is 18.2 Å². The molecule has 0 saturated carbocycles. The molecule has 2 atom stereocenters. The molecule has 2 aliphatic heterocycles. The van der Waals surface area contributed by atoms with Gasteiger partial charge in [0.15, 0.2) is 11.5 Å². The lowest BCUT2D eigenvalue weighted by Gasteiger charge is -2.06. The minimum absolute atomic E-state index is 0.137. The summed E-state index contributed by atoms with van der Waals surface area (Å²) < 4.78 is 22.2. The molecular weight excluding hydrogens is 292 g/mol. The number of hydrogen-bond acceptors (Lipinski definition) is 4. The van der Waals surface area contributed by atoms with Gasteiger partial charge in [0.25, 0.3) is 0 Å². The quantitative estimate of drug-likeness (QED) is 0.523. The molecule has 1 fully saturated rings. The van der Waals surface area contributed by atoms with E-state index in [2.05, 4.69) is 26.8 Å². The Morgan fingerprint density at radius 3 is 3.00 bits per heavy atom. The van der Waals surface area contributed by atoms with Crippen molar-refractivity contribution in [2.45, 2.75) is 58.2 Å². The highest BCUT2D eigenvalue weighted by Crippen LogP contribution is 2.43. The molecule has 4 nitrogen and oxygen atoms in total. The average molecular weight is 318 g/mol. The molecule has 0 N–H and O–H groups in total. The molecule has 1 aromatic rings. The Morgan fingerprint density at radius 2 is 2.17 bits per heavy atom. The van der Waals surface area contributed by atoms with Gasteiger partial charge in [-0.1, -0.05) is 18.9 Å². The van der Waals surface area contributed by atoms with E-state index in [9.17, 15) is 0 Å². The maximum atomic E-state index is 5.83. The van der Waals surface area contributed by atoms with Crippen molar-refractivity contribution in [3.8, 4) is 17.2 Å². The molecule has 23 heavy (non-hydrogen) atoms. The van der Waals surface area contributed by atoms with Crippen LogP contribution in [0.2, 0.25) is 0 Å². The summed E-state index contributed by atoms with van der Waals surface area (Å²) in [6.07, 6.45) is 7.08. The molecule has 1 saturated heterocycles. The Labute approximate surface area is 138 Å². The third-order valence-electron chi connectivity index (χ3n) is 4.61. The summed E-state index contributed by atoms with van der Waals surface area (Å²) in [5, 5.41) is 0. The lowest BCUT2D eigenvalue weighted by atomic mass is 9.97. The second-order valence-corrected chi connectivity index (χ2v) is 6.58. The number of benzene rings is 1. The molecule has 2 unspecified atom stereocenters. The Morgan fingerprint density at radius 1 is 1.35 bits per heavy atom. The molecule has 3 rings (SSSR count). The summed E-state index contributed by atoms with van der Waals surface area (Å²) in [6, 6.07) is 5.66. The van der Waals surface area contributed by atoms with Crippen LogP contribution < -0.4 is 14.2 Å². The first-order chi connectivity index (χ1) is 11.1. The largest absolute Gasteiger partial charge is 0.489 e. The van der Waals surface area contributed by atoms with Crippen LogP contribution in [0.1, 0.15) is 46.5 Å². The number of ether oxygens (including phenoxy) is 4. The lowest BCUT2D eigenvalue weighted by Crippen LogP contribution is -2.09. The monoisotopic (exact) mass is 318 g/mol. The highest BCUT2D eigenvalue weighted by molar-refractivity contribution is 5.46.